The zero-order valence-corrected chi connectivity index (χ0v) is 15.5. The molecule has 0 saturated carbocycles. The molecule has 0 radical (unpaired) electrons. The van der Waals surface area contributed by atoms with Gasteiger partial charge in [0.1, 0.15) is 5.82 Å². The molecule has 0 aliphatic heterocycles. The molecule has 0 fully saturated rings. The number of amides is 1. The molecule has 0 bridgehead atoms. The molecule has 0 aliphatic carbocycles. The molecule has 1 N–H and O–H groups in total. The summed E-state index contributed by atoms with van der Waals surface area (Å²) in [6.07, 6.45) is 0.446. The molecule has 3 aromatic rings. The van der Waals surface area contributed by atoms with E-state index in [0.717, 1.165) is 5.69 Å². The molecule has 0 unspecified atom stereocenters. The molecule has 3 rings (SSSR count). The molecule has 5 heteroatoms. The van der Waals surface area contributed by atoms with Gasteiger partial charge in [0, 0.05) is 12.1 Å². The second-order valence-electron chi connectivity index (χ2n) is 7.65. The Morgan fingerprint density at radius 2 is 1.73 bits per heavy atom. The highest BCUT2D eigenvalue weighted by atomic mass is 16.1. The molecular weight excluding hydrogens is 326 g/mol. The van der Waals surface area contributed by atoms with E-state index >= 15 is 0 Å². The summed E-state index contributed by atoms with van der Waals surface area (Å²) in [5.41, 5.74) is 1.96. The number of carbonyl (C=O) groups is 1. The van der Waals surface area contributed by atoms with Crippen LogP contribution in [0.3, 0.4) is 0 Å². The van der Waals surface area contributed by atoms with Gasteiger partial charge in [-0.1, -0.05) is 32.9 Å². The Morgan fingerprint density at radius 1 is 1.08 bits per heavy atom. The van der Waals surface area contributed by atoms with Crippen molar-refractivity contribution in [3.05, 3.63) is 64.7 Å². The normalized spacial score (nSPS) is 11.5. The van der Waals surface area contributed by atoms with Crippen molar-refractivity contribution < 1.29 is 4.79 Å². The first-order chi connectivity index (χ1) is 12.2. The van der Waals surface area contributed by atoms with Crippen LogP contribution in [-0.4, -0.2) is 15.5 Å². The third-order valence-corrected chi connectivity index (χ3v) is 4.04. The van der Waals surface area contributed by atoms with Crippen molar-refractivity contribution in [1.82, 2.24) is 9.55 Å². The number of fused-ring (bicyclic) bond motifs is 1. The van der Waals surface area contributed by atoms with Gasteiger partial charge in [0.2, 0.25) is 5.91 Å². The first kappa shape index (κ1) is 17.9. The Kier molecular flexibility index (Phi) is 4.64. The number of nitrogens with one attached hydrogen (secondary N) is 1. The van der Waals surface area contributed by atoms with E-state index in [1.165, 1.54) is 0 Å². The first-order valence-corrected chi connectivity index (χ1v) is 8.63. The lowest BCUT2D eigenvalue weighted by atomic mass is 9.92. The van der Waals surface area contributed by atoms with E-state index in [9.17, 15) is 9.59 Å². The van der Waals surface area contributed by atoms with E-state index in [0.29, 0.717) is 28.8 Å². The Morgan fingerprint density at radius 3 is 2.38 bits per heavy atom. The second kappa shape index (κ2) is 6.75. The Labute approximate surface area is 152 Å². The standard InChI is InChI=1S/C21H23N3O2/c1-14-22-18-8-6-5-7-17(18)20(26)24(14)16-11-9-15(10-12-16)23-19(25)13-21(2,3)4/h5-12H,13H2,1-4H3,(H,23,25). The van der Waals surface area contributed by atoms with Gasteiger partial charge in [-0.15, -0.1) is 0 Å². The third-order valence-electron chi connectivity index (χ3n) is 4.04. The average Bonchev–Trinajstić information content (AvgIpc) is 2.54. The molecule has 134 valence electrons. The summed E-state index contributed by atoms with van der Waals surface area (Å²) in [6.45, 7) is 7.89. The third kappa shape index (κ3) is 3.82. The van der Waals surface area contributed by atoms with Crippen molar-refractivity contribution in [2.24, 2.45) is 5.41 Å². The number of anilines is 1. The number of para-hydroxylation sites is 1. The van der Waals surface area contributed by atoms with Crippen molar-refractivity contribution in [1.29, 1.82) is 0 Å². The number of hydrogen-bond donors (Lipinski definition) is 1. The Bertz CT molecular complexity index is 1010. The van der Waals surface area contributed by atoms with E-state index in [-0.39, 0.29) is 16.9 Å². The first-order valence-electron chi connectivity index (χ1n) is 8.63. The summed E-state index contributed by atoms with van der Waals surface area (Å²) in [5.74, 6) is 0.601. The number of hydrogen-bond acceptors (Lipinski definition) is 3. The Balaban J connectivity index is 1.91. The van der Waals surface area contributed by atoms with Gasteiger partial charge in [-0.2, -0.15) is 0 Å². The van der Waals surface area contributed by atoms with Crippen molar-refractivity contribution in [3.63, 3.8) is 0 Å². The summed E-state index contributed by atoms with van der Waals surface area (Å²) in [4.78, 5) is 29.4. The highest BCUT2D eigenvalue weighted by Crippen LogP contribution is 2.20. The molecule has 26 heavy (non-hydrogen) atoms. The SMILES string of the molecule is Cc1nc2ccccc2c(=O)n1-c1ccc(NC(=O)CC(C)(C)C)cc1. The number of carbonyl (C=O) groups excluding carboxylic acids is 1. The highest BCUT2D eigenvalue weighted by Gasteiger charge is 2.16. The summed E-state index contributed by atoms with van der Waals surface area (Å²) < 4.78 is 1.59. The number of rotatable bonds is 3. The molecule has 0 atom stereocenters. The van der Waals surface area contributed by atoms with Crippen LogP contribution < -0.4 is 10.9 Å². The summed E-state index contributed by atoms with van der Waals surface area (Å²) >= 11 is 0. The zero-order chi connectivity index (χ0) is 18.9. The maximum atomic E-state index is 12.8. The number of aromatic nitrogens is 2. The maximum absolute atomic E-state index is 12.8. The van der Waals surface area contributed by atoms with Crippen LogP contribution in [0.1, 0.15) is 33.0 Å². The quantitative estimate of drug-likeness (QED) is 0.775. The van der Waals surface area contributed by atoms with Crippen molar-refractivity contribution in [2.45, 2.75) is 34.1 Å². The Hall–Kier alpha value is -2.95. The maximum Gasteiger partial charge on any atom is 0.265 e. The molecule has 1 aromatic heterocycles. The minimum atomic E-state index is -0.0994. The molecule has 0 spiro atoms. The smallest absolute Gasteiger partial charge is 0.265 e. The molecule has 1 amide bonds. The van der Waals surface area contributed by atoms with Gasteiger partial charge in [-0.05, 0) is 48.7 Å². The fraction of sp³-hybridized carbons (Fsp3) is 0.286. The van der Waals surface area contributed by atoms with Crippen LogP contribution in [0.15, 0.2) is 53.3 Å². The van der Waals surface area contributed by atoms with Gasteiger partial charge < -0.3 is 5.32 Å². The molecule has 2 aromatic carbocycles. The van der Waals surface area contributed by atoms with E-state index in [2.05, 4.69) is 10.3 Å². The summed E-state index contributed by atoms with van der Waals surface area (Å²) in [6, 6.07) is 14.6. The fourth-order valence-electron chi connectivity index (χ4n) is 2.93. The minimum Gasteiger partial charge on any atom is -0.326 e. The van der Waals surface area contributed by atoms with Crippen LogP contribution in [0, 0.1) is 12.3 Å². The van der Waals surface area contributed by atoms with E-state index in [1.807, 2.05) is 58.0 Å². The van der Waals surface area contributed by atoms with Gasteiger partial charge in [-0.3, -0.25) is 14.2 Å². The van der Waals surface area contributed by atoms with Gasteiger partial charge in [0.25, 0.3) is 5.56 Å². The van der Waals surface area contributed by atoms with Crippen LogP contribution in [0.25, 0.3) is 16.6 Å². The van der Waals surface area contributed by atoms with Crippen LogP contribution in [0.2, 0.25) is 0 Å². The number of nitrogens with zero attached hydrogens (tertiary/aromatic N) is 2. The van der Waals surface area contributed by atoms with E-state index in [1.54, 1.807) is 22.8 Å². The van der Waals surface area contributed by atoms with Crippen LogP contribution >= 0.6 is 0 Å². The predicted molar refractivity (Wildman–Crippen MR) is 105 cm³/mol. The minimum absolute atomic E-state index is 0.0223. The van der Waals surface area contributed by atoms with E-state index < -0.39 is 0 Å². The van der Waals surface area contributed by atoms with Gasteiger partial charge in [0.15, 0.2) is 0 Å². The van der Waals surface area contributed by atoms with Crippen molar-refractivity contribution in [2.75, 3.05) is 5.32 Å². The molecular formula is C21H23N3O2. The predicted octanol–water partition coefficient (Wildman–Crippen LogP) is 4.07. The highest BCUT2D eigenvalue weighted by molar-refractivity contribution is 5.91. The monoisotopic (exact) mass is 349 g/mol. The van der Waals surface area contributed by atoms with Crippen LogP contribution in [0.4, 0.5) is 5.69 Å². The molecule has 0 aliphatic rings. The lowest BCUT2D eigenvalue weighted by Gasteiger charge is -2.17. The number of benzene rings is 2. The topological polar surface area (TPSA) is 64.0 Å². The van der Waals surface area contributed by atoms with Gasteiger partial charge in [-0.25, -0.2) is 4.98 Å². The second-order valence-corrected chi connectivity index (χ2v) is 7.65. The zero-order valence-electron chi connectivity index (χ0n) is 15.5. The lowest BCUT2D eigenvalue weighted by molar-refractivity contribution is -0.117. The van der Waals surface area contributed by atoms with Crippen molar-refractivity contribution >= 4 is 22.5 Å². The summed E-state index contributed by atoms with van der Waals surface area (Å²) in [7, 11) is 0. The van der Waals surface area contributed by atoms with Crippen LogP contribution in [0.5, 0.6) is 0 Å². The average molecular weight is 349 g/mol. The van der Waals surface area contributed by atoms with E-state index in [4.69, 9.17) is 0 Å². The molecule has 5 nitrogen and oxygen atoms in total. The molecule has 0 saturated heterocycles. The largest absolute Gasteiger partial charge is 0.326 e. The van der Waals surface area contributed by atoms with Gasteiger partial charge >= 0.3 is 0 Å². The summed E-state index contributed by atoms with van der Waals surface area (Å²) in [5, 5.41) is 3.48. The van der Waals surface area contributed by atoms with Gasteiger partial charge in [0.05, 0.1) is 16.6 Å². The fourth-order valence-corrected chi connectivity index (χ4v) is 2.93. The van der Waals surface area contributed by atoms with Crippen LogP contribution in [-0.2, 0) is 4.79 Å². The lowest BCUT2D eigenvalue weighted by Crippen LogP contribution is -2.22. The number of aryl methyl sites for hydroxylation is 1. The van der Waals surface area contributed by atoms with Crippen molar-refractivity contribution in [3.8, 4) is 5.69 Å². The molecule has 1 heterocycles.